The van der Waals surface area contributed by atoms with Gasteiger partial charge in [0.2, 0.25) is 10.0 Å². The summed E-state index contributed by atoms with van der Waals surface area (Å²) in [5.41, 5.74) is 0.807. The van der Waals surface area contributed by atoms with Gasteiger partial charge in [0.1, 0.15) is 11.5 Å². The highest BCUT2D eigenvalue weighted by Crippen LogP contribution is 2.22. The molecule has 142 valence electrons. The van der Waals surface area contributed by atoms with Crippen molar-refractivity contribution in [2.75, 3.05) is 26.7 Å². The van der Waals surface area contributed by atoms with Gasteiger partial charge in [0.15, 0.2) is 0 Å². The van der Waals surface area contributed by atoms with Gasteiger partial charge in [-0.25, -0.2) is 13.1 Å². The van der Waals surface area contributed by atoms with Gasteiger partial charge >= 0.3 is 0 Å². The number of rotatable bonds is 7. The predicted octanol–water partition coefficient (Wildman–Crippen LogP) is 2.79. The maximum Gasteiger partial charge on any atom is 0.240 e. The summed E-state index contributed by atoms with van der Waals surface area (Å²) in [6, 6.07) is 8.80. The summed E-state index contributed by atoms with van der Waals surface area (Å²) >= 11 is 0. The summed E-state index contributed by atoms with van der Waals surface area (Å²) < 4.78 is 38.4. The minimum atomic E-state index is -3.50. The molecule has 0 aliphatic carbocycles. The number of piperidine rings is 1. The number of methoxy groups -OCH3 is 1. The molecule has 1 aromatic heterocycles. The molecule has 1 N–H and O–H groups in total. The van der Waals surface area contributed by atoms with Crippen LogP contribution < -0.4 is 9.46 Å². The minimum Gasteiger partial charge on any atom is -0.496 e. The molecule has 1 fully saturated rings. The second-order valence-corrected chi connectivity index (χ2v) is 8.55. The van der Waals surface area contributed by atoms with Crippen LogP contribution >= 0.6 is 0 Å². The SMILES string of the molecule is COc1ccc(S(=O)(=O)NCC2CCN(Cc3ccco3)CC2)cc1C. The molecule has 2 aromatic rings. The van der Waals surface area contributed by atoms with E-state index in [1.54, 1.807) is 31.6 Å². The van der Waals surface area contributed by atoms with Crippen molar-refractivity contribution in [3.8, 4) is 5.75 Å². The van der Waals surface area contributed by atoms with E-state index in [1.165, 1.54) is 0 Å². The molecule has 1 aromatic carbocycles. The number of benzene rings is 1. The van der Waals surface area contributed by atoms with Crippen molar-refractivity contribution in [3.05, 3.63) is 47.9 Å². The van der Waals surface area contributed by atoms with Crippen LogP contribution in [0.2, 0.25) is 0 Å². The molecule has 1 saturated heterocycles. The van der Waals surface area contributed by atoms with Crippen LogP contribution in [0.25, 0.3) is 0 Å². The van der Waals surface area contributed by atoms with Crippen LogP contribution in [0.4, 0.5) is 0 Å². The normalized spacial score (nSPS) is 16.7. The maximum absolute atomic E-state index is 12.5. The molecule has 0 spiro atoms. The zero-order valence-corrected chi connectivity index (χ0v) is 16.1. The highest BCUT2D eigenvalue weighted by Gasteiger charge is 2.22. The molecule has 7 heteroatoms. The molecule has 0 atom stereocenters. The second-order valence-electron chi connectivity index (χ2n) is 6.78. The number of ether oxygens (including phenoxy) is 1. The van der Waals surface area contributed by atoms with Crippen LogP contribution in [-0.4, -0.2) is 40.1 Å². The Kier molecular flexibility index (Phi) is 6.01. The Hall–Kier alpha value is -1.83. The van der Waals surface area contributed by atoms with Gasteiger partial charge in [0.05, 0.1) is 24.8 Å². The number of nitrogens with zero attached hydrogens (tertiary/aromatic N) is 1. The van der Waals surface area contributed by atoms with Crippen LogP contribution in [0.5, 0.6) is 5.75 Å². The standard InChI is InChI=1S/C19H26N2O4S/c1-15-12-18(5-6-19(15)24-2)26(22,23)20-13-16-7-9-21(10-8-16)14-17-4-3-11-25-17/h3-6,11-12,16,20H,7-10,13-14H2,1-2H3. The second kappa shape index (κ2) is 8.24. The quantitative estimate of drug-likeness (QED) is 0.802. The average molecular weight is 378 g/mol. The summed E-state index contributed by atoms with van der Waals surface area (Å²) in [7, 11) is -1.92. The fourth-order valence-electron chi connectivity index (χ4n) is 3.30. The number of furan rings is 1. The molecule has 0 unspecified atom stereocenters. The van der Waals surface area contributed by atoms with Crippen LogP contribution in [0.1, 0.15) is 24.2 Å². The molecule has 6 nitrogen and oxygen atoms in total. The van der Waals surface area contributed by atoms with Crippen molar-refractivity contribution >= 4 is 10.0 Å². The number of nitrogens with one attached hydrogen (secondary N) is 1. The smallest absolute Gasteiger partial charge is 0.240 e. The third kappa shape index (κ3) is 4.66. The molecule has 0 radical (unpaired) electrons. The van der Waals surface area contributed by atoms with Crippen LogP contribution in [0.3, 0.4) is 0 Å². The van der Waals surface area contributed by atoms with Gasteiger partial charge in [-0.15, -0.1) is 0 Å². The van der Waals surface area contributed by atoms with Crippen LogP contribution in [-0.2, 0) is 16.6 Å². The lowest BCUT2D eigenvalue weighted by Gasteiger charge is -2.31. The molecule has 0 bridgehead atoms. The maximum atomic E-state index is 12.5. The van der Waals surface area contributed by atoms with Gasteiger partial charge < -0.3 is 9.15 Å². The van der Waals surface area contributed by atoms with E-state index < -0.39 is 10.0 Å². The monoisotopic (exact) mass is 378 g/mol. The predicted molar refractivity (Wildman–Crippen MR) is 99.6 cm³/mol. The van der Waals surface area contributed by atoms with E-state index in [-0.39, 0.29) is 4.90 Å². The largest absolute Gasteiger partial charge is 0.496 e. The summed E-state index contributed by atoms with van der Waals surface area (Å²) in [5.74, 6) is 2.02. The van der Waals surface area contributed by atoms with E-state index in [4.69, 9.17) is 9.15 Å². The molecular weight excluding hydrogens is 352 g/mol. The van der Waals surface area contributed by atoms with E-state index in [0.717, 1.165) is 43.8 Å². The molecule has 1 aliphatic rings. The lowest BCUT2D eigenvalue weighted by molar-refractivity contribution is 0.168. The molecule has 3 rings (SSSR count). The fourth-order valence-corrected chi connectivity index (χ4v) is 4.50. The van der Waals surface area contributed by atoms with Gasteiger partial charge in [-0.3, -0.25) is 4.90 Å². The topological polar surface area (TPSA) is 71.8 Å². The van der Waals surface area contributed by atoms with Crippen molar-refractivity contribution in [1.29, 1.82) is 0 Å². The number of hydrogen-bond donors (Lipinski definition) is 1. The Bertz CT molecular complexity index is 810. The van der Waals surface area contributed by atoms with Gasteiger partial charge in [-0.1, -0.05) is 0 Å². The average Bonchev–Trinajstić information content (AvgIpc) is 3.14. The summed E-state index contributed by atoms with van der Waals surface area (Å²) in [6.07, 6.45) is 3.65. The number of hydrogen-bond acceptors (Lipinski definition) is 5. The van der Waals surface area contributed by atoms with Crippen molar-refractivity contribution in [1.82, 2.24) is 9.62 Å². The van der Waals surface area contributed by atoms with E-state index in [0.29, 0.717) is 18.2 Å². The first-order valence-corrected chi connectivity index (χ1v) is 10.4. The highest BCUT2D eigenvalue weighted by atomic mass is 32.2. The lowest BCUT2D eigenvalue weighted by Crippen LogP contribution is -2.38. The summed E-state index contributed by atoms with van der Waals surface area (Å²) in [5, 5.41) is 0. The van der Waals surface area contributed by atoms with Crippen molar-refractivity contribution < 1.29 is 17.6 Å². The van der Waals surface area contributed by atoms with Crippen LogP contribution in [0, 0.1) is 12.8 Å². The Morgan fingerprint density at radius 3 is 2.65 bits per heavy atom. The van der Waals surface area contributed by atoms with Gasteiger partial charge in [0, 0.05) is 6.54 Å². The summed E-state index contributed by atoms with van der Waals surface area (Å²) in [6.45, 7) is 5.04. The molecule has 26 heavy (non-hydrogen) atoms. The van der Waals surface area contributed by atoms with Crippen molar-refractivity contribution in [3.63, 3.8) is 0 Å². The van der Waals surface area contributed by atoms with E-state index in [9.17, 15) is 8.42 Å². The van der Waals surface area contributed by atoms with E-state index >= 15 is 0 Å². The van der Waals surface area contributed by atoms with Gasteiger partial charge in [0.25, 0.3) is 0 Å². The Balaban J connectivity index is 1.50. The number of sulfonamides is 1. The Labute approximate surface area is 155 Å². The third-order valence-corrected chi connectivity index (χ3v) is 6.33. The Morgan fingerprint density at radius 2 is 2.04 bits per heavy atom. The minimum absolute atomic E-state index is 0.283. The van der Waals surface area contributed by atoms with Crippen molar-refractivity contribution in [2.24, 2.45) is 5.92 Å². The molecule has 2 heterocycles. The number of likely N-dealkylation sites (tertiary alicyclic amines) is 1. The van der Waals surface area contributed by atoms with E-state index in [2.05, 4.69) is 9.62 Å². The lowest BCUT2D eigenvalue weighted by atomic mass is 9.97. The fraction of sp³-hybridized carbons (Fsp3) is 0.474. The van der Waals surface area contributed by atoms with Gasteiger partial charge in [-0.2, -0.15) is 0 Å². The molecule has 0 saturated carbocycles. The highest BCUT2D eigenvalue weighted by molar-refractivity contribution is 7.89. The summed E-state index contributed by atoms with van der Waals surface area (Å²) in [4.78, 5) is 2.63. The van der Waals surface area contributed by atoms with Crippen molar-refractivity contribution in [2.45, 2.75) is 31.2 Å². The van der Waals surface area contributed by atoms with Crippen LogP contribution in [0.15, 0.2) is 45.9 Å². The first-order valence-electron chi connectivity index (χ1n) is 8.87. The molecular formula is C19H26N2O4S. The molecule has 1 aliphatic heterocycles. The zero-order chi connectivity index (χ0) is 18.6. The first kappa shape index (κ1) is 18.9. The zero-order valence-electron chi connectivity index (χ0n) is 15.3. The number of aryl methyl sites for hydroxylation is 1. The molecule has 0 amide bonds. The third-order valence-electron chi connectivity index (χ3n) is 4.91. The first-order chi connectivity index (χ1) is 12.5. The van der Waals surface area contributed by atoms with Gasteiger partial charge in [-0.05, 0) is 74.7 Å². The van der Waals surface area contributed by atoms with E-state index in [1.807, 2.05) is 19.1 Å². The Morgan fingerprint density at radius 1 is 1.27 bits per heavy atom.